The zero-order valence-corrected chi connectivity index (χ0v) is 13.4. The molecular formula is C16H18FNO2S. The normalized spacial score (nSPS) is 11.5. The Balaban J connectivity index is 2.38. The number of aryl methyl sites for hydroxylation is 1. The first-order chi connectivity index (χ1) is 9.87. The first-order valence-electron chi connectivity index (χ1n) is 6.76. The van der Waals surface area contributed by atoms with Crippen molar-refractivity contribution in [2.24, 2.45) is 0 Å². The van der Waals surface area contributed by atoms with Gasteiger partial charge in [0.05, 0.1) is 12.3 Å². The minimum Gasteiger partial charge on any atom is -0.465 e. The Morgan fingerprint density at radius 3 is 2.81 bits per heavy atom. The van der Waals surface area contributed by atoms with Gasteiger partial charge in [0.25, 0.3) is 0 Å². The van der Waals surface area contributed by atoms with Gasteiger partial charge in [-0.05, 0) is 39.3 Å². The minimum atomic E-state index is -0.842. The van der Waals surface area contributed by atoms with E-state index in [0.717, 1.165) is 0 Å². The molecule has 0 spiro atoms. The van der Waals surface area contributed by atoms with Crippen LogP contribution in [0.15, 0.2) is 23.6 Å². The van der Waals surface area contributed by atoms with E-state index in [1.54, 1.807) is 51.3 Å². The molecule has 112 valence electrons. The van der Waals surface area contributed by atoms with Crippen LogP contribution < -0.4 is 0 Å². The van der Waals surface area contributed by atoms with Crippen LogP contribution in [-0.2, 0) is 14.9 Å². The van der Waals surface area contributed by atoms with E-state index in [2.05, 4.69) is 4.98 Å². The number of ether oxygens (including phenoxy) is 1. The first kappa shape index (κ1) is 15.6. The van der Waals surface area contributed by atoms with Gasteiger partial charge in [-0.25, -0.2) is 9.37 Å². The number of aromatic nitrogens is 1. The largest absolute Gasteiger partial charge is 0.465 e. The summed E-state index contributed by atoms with van der Waals surface area (Å²) in [4.78, 5) is 16.4. The van der Waals surface area contributed by atoms with Crippen molar-refractivity contribution in [3.05, 3.63) is 40.7 Å². The Morgan fingerprint density at radius 1 is 1.43 bits per heavy atom. The topological polar surface area (TPSA) is 39.2 Å². The van der Waals surface area contributed by atoms with Gasteiger partial charge in [0, 0.05) is 10.9 Å². The van der Waals surface area contributed by atoms with Crippen LogP contribution in [0, 0.1) is 12.7 Å². The summed E-state index contributed by atoms with van der Waals surface area (Å²) >= 11 is 1.33. The van der Waals surface area contributed by atoms with Gasteiger partial charge in [0.1, 0.15) is 16.2 Å². The van der Waals surface area contributed by atoms with Crippen molar-refractivity contribution in [1.82, 2.24) is 4.98 Å². The van der Waals surface area contributed by atoms with Gasteiger partial charge in [-0.1, -0.05) is 12.1 Å². The van der Waals surface area contributed by atoms with E-state index in [-0.39, 0.29) is 11.8 Å². The van der Waals surface area contributed by atoms with E-state index >= 15 is 0 Å². The standard InChI is InChI=1S/C16H18FNO2S/c1-5-20-15(19)16(3,4)12-9-21-14(18-12)11-8-6-7-10(2)13(11)17/h6-9H,5H2,1-4H3. The van der Waals surface area contributed by atoms with Crippen LogP contribution in [0.3, 0.4) is 0 Å². The second-order valence-corrected chi connectivity index (χ2v) is 6.18. The summed E-state index contributed by atoms with van der Waals surface area (Å²) in [7, 11) is 0. The molecule has 0 radical (unpaired) electrons. The van der Waals surface area contributed by atoms with Crippen LogP contribution >= 0.6 is 11.3 Å². The van der Waals surface area contributed by atoms with Crippen LogP contribution in [0.5, 0.6) is 0 Å². The number of rotatable bonds is 4. The molecule has 1 aromatic heterocycles. The molecule has 1 aromatic carbocycles. The smallest absolute Gasteiger partial charge is 0.317 e. The number of thiazole rings is 1. The number of carbonyl (C=O) groups excluding carboxylic acids is 1. The molecule has 0 fully saturated rings. The minimum absolute atomic E-state index is 0.271. The van der Waals surface area contributed by atoms with Gasteiger partial charge in [-0.3, -0.25) is 4.79 Å². The summed E-state index contributed by atoms with van der Waals surface area (Å²) in [6.45, 7) is 7.33. The average molecular weight is 307 g/mol. The molecule has 0 aliphatic rings. The Morgan fingerprint density at radius 2 is 2.14 bits per heavy atom. The zero-order chi connectivity index (χ0) is 15.6. The maximum Gasteiger partial charge on any atom is 0.317 e. The molecule has 3 nitrogen and oxygen atoms in total. The summed E-state index contributed by atoms with van der Waals surface area (Å²) in [5.74, 6) is -0.598. The third-order valence-electron chi connectivity index (χ3n) is 3.35. The van der Waals surface area contributed by atoms with Crippen LogP contribution in [0.4, 0.5) is 4.39 Å². The van der Waals surface area contributed by atoms with Crippen molar-refractivity contribution in [3.63, 3.8) is 0 Å². The zero-order valence-electron chi connectivity index (χ0n) is 12.6. The summed E-state index contributed by atoms with van der Waals surface area (Å²) in [5.41, 5.74) is 0.798. The predicted octanol–water partition coefficient (Wildman–Crippen LogP) is 4.10. The molecule has 5 heteroatoms. The molecule has 2 rings (SSSR count). The molecule has 0 amide bonds. The molecule has 1 heterocycles. The van der Waals surface area contributed by atoms with E-state index in [1.807, 2.05) is 0 Å². The van der Waals surface area contributed by atoms with Crippen molar-refractivity contribution in [2.75, 3.05) is 6.61 Å². The van der Waals surface area contributed by atoms with Gasteiger partial charge in [-0.2, -0.15) is 0 Å². The van der Waals surface area contributed by atoms with Crippen molar-refractivity contribution in [3.8, 4) is 10.6 Å². The second kappa shape index (κ2) is 5.93. The SMILES string of the molecule is CCOC(=O)C(C)(C)c1csc(-c2cccc(C)c2F)n1. The van der Waals surface area contributed by atoms with Crippen molar-refractivity contribution < 1.29 is 13.9 Å². The van der Waals surface area contributed by atoms with E-state index < -0.39 is 5.41 Å². The fourth-order valence-corrected chi connectivity index (χ4v) is 2.92. The highest BCUT2D eigenvalue weighted by Crippen LogP contribution is 2.32. The molecule has 0 bridgehead atoms. The summed E-state index contributed by atoms with van der Waals surface area (Å²) in [5, 5.41) is 2.36. The molecule has 0 saturated carbocycles. The maximum absolute atomic E-state index is 14.1. The Kier molecular flexibility index (Phi) is 4.42. The Hall–Kier alpha value is -1.75. The number of nitrogens with zero attached hydrogens (tertiary/aromatic N) is 1. The van der Waals surface area contributed by atoms with Crippen molar-refractivity contribution in [2.45, 2.75) is 33.1 Å². The van der Waals surface area contributed by atoms with Crippen molar-refractivity contribution >= 4 is 17.3 Å². The van der Waals surface area contributed by atoms with Crippen LogP contribution in [-0.4, -0.2) is 17.6 Å². The number of esters is 1. The Labute approximate surface area is 127 Å². The van der Waals surface area contributed by atoms with Crippen molar-refractivity contribution in [1.29, 1.82) is 0 Å². The lowest BCUT2D eigenvalue weighted by molar-refractivity contribution is -0.148. The lowest BCUT2D eigenvalue weighted by Crippen LogP contribution is -2.31. The van der Waals surface area contributed by atoms with Crippen LogP contribution in [0.2, 0.25) is 0 Å². The maximum atomic E-state index is 14.1. The lowest BCUT2D eigenvalue weighted by Gasteiger charge is -2.19. The van der Waals surface area contributed by atoms with Gasteiger partial charge in [0.15, 0.2) is 0 Å². The third-order valence-corrected chi connectivity index (χ3v) is 4.23. The Bertz CT molecular complexity index is 664. The summed E-state index contributed by atoms with van der Waals surface area (Å²) in [6, 6.07) is 5.21. The third kappa shape index (κ3) is 2.97. The number of halogens is 1. The number of carbonyl (C=O) groups is 1. The van der Waals surface area contributed by atoms with Gasteiger partial charge in [-0.15, -0.1) is 11.3 Å². The molecule has 0 atom stereocenters. The number of hydrogen-bond donors (Lipinski definition) is 0. The molecule has 2 aromatic rings. The molecule has 0 N–H and O–H groups in total. The summed E-state index contributed by atoms with van der Waals surface area (Å²) in [6.07, 6.45) is 0. The van der Waals surface area contributed by atoms with E-state index in [1.165, 1.54) is 11.3 Å². The van der Waals surface area contributed by atoms with Crippen LogP contribution in [0.1, 0.15) is 32.0 Å². The monoisotopic (exact) mass is 307 g/mol. The molecule has 0 unspecified atom stereocenters. The lowest BCUT2D eigenvalue weighted by atomic mass is 9.90. The van der Waals surface area contributed by atoms with E-state index in [4.69, 9.17) is 4.74 Å². The van der Waals surface area contributed by atoms with Gasteiger partial charge in [0.2, 0.25) is 0 Å². The molecule has 0 aliphatic carbocycles. The second-order valence-electron chi connectivity index (χ2n) is 5.32. The highest BCUT2D eigenvalue weighted by Gasteiger charge is 2.34. The quantitative estimate of drug-likeness (QED) is 0.798. The molecular weight excluding hydrogens is 289 g/mol. The molecule has 0 saturated heterocycles. The summed E-state index contributed by atoms with van der Waals surface area (Å²) < 4.78 is 19.2. The number of hydrogen-bond acceptors (Lipinski definition) is 4. The molecule has 21 heavy (non-hydrogen) atoms. The fraction of sp³-hybridized carbons (Fsp3) is 0.375. The highest BCUT2D eigenvalue weighted by atomic mass is 32.1. The van der Waals surface area contributed by atoms with Gasteiger partial charge < -0.3 is 4.74 Å². The van der Waals surface area contributed by atoms with E-state index in [0.29, 0.717) is 28.4 Å². The average Bonchev–Trinajstić information content (AvgIpc) is 2.92. The highest BCUT2D eigenvalue weighted by molar-refractivity contribution is 7.13. The number of benzene rings is 1. The van der Waals surface area contributed by atoms with Gasteiger partial charge >= 0.3 is 5.97 Å². The van der Waals surface area contributed by atoms with E-state index in [9.17, 15) is 9.18 Å². The first-order valence-corrected chi connectivity index (χ1v) is 7.64. The van der Waals surface area contributed by atoms with Crippen LogP contribution in [0.25, 0.3) is 10.6 Å². The fourth-order valence-electron chi connectivity index (χ4n) is 1.91. The predicted molar refractivity (Wildman–Crippen MR) is 81.9 cm³/mol. The molecule has 0 aliphatic heterocycles.